The Hall–Kier alpha value is -2.26. The first kappa shape index (κ1) is 21.0. The summed E-state index contributed by atoms with van der Waals surface area (Å²) in [5, 5.41) is 12.5. The number of aromatic nitrogens is 2. The third-order valence-corrected chi connectivity index (χ3v) is 4.04. The van der Waals surface area contributed by atoms with Crippen LogP contribution in [0.15, 0.2) is 18.2 Å². The summed E-state index contributed by atoms with van der Waals surface area (Å²) in [6, 6.07) is 3.02. The molecule has 0 spiro atoms. The maximum atomic E-state index is 13.0. The molecule has 1 aromatic heterocycles. The molecule has 148 valence electrons. The lowest BCUT2D eigenvalue weighted by Crippen LogP contribution is -2.25. The lowest BCUT2D eigenvalue weighted by atomic mass is 10.1. The van der Waals surface area contributed by atoms with Crippen LogP contribution < -0.4 is 15.4 Å². The molecule has 0 fully saturated rings. The predicted octanol–water partition coefficient (Wildman–Crippen LogP) is 3.54. The van der Waals surface area contributed by atoms with Gasteiger partial charge in [-0.3, -0.25) is 9.89 Å². The fourth-order valence-electron chi connectivity index (χ4n) is 2.74. The number of H-pyrrole nitrogens is 1. The fourth-order valence-corrected chi connectivity index (χ4v) is 2.74. The second kappa shape index (κ2) is 8.62. The van der Waals surface area contributed by atoms with Crippen molar-refractivity contribution in [3.05, 3.63) is 40.7 Å². The van der Waals surface area contributed by atoms with Crippen LogP contribution in [0.1, 0.15) is 40.7 Å². The second-order valence-corrected chi connectivity index (χ2v) is 5.97. The van der Waals surface area contributed by atoms with Gasteiger partial charge in [-0.05, 0) is 24.6 Å². The largest absolute Gasteiger partial charge is 0.491 e. The number of carbonyl (C=O) groups excluding carboxylic acids is 1. The molecule has 10 heteroatoms. The van der Waals surface area contributed by atoms with Crippen LogP contribution in [0.25, 0.3) is 0 Å². The minimum Gasteiger partial charge on any atom is -0.491 e. The SMILES string of the molecule is CCCOc1ccc(C(F)(F)F)cc1NC(=O)c1n[nH]c2c1CNCC2.Cl. The van der Waals surface area contributed by atoms with E-state index in [1.54, 1.807) is 0 Å². The maximum Gasteiger partial charge on any atom is 0.416 e. The zero-order chi connectivity index (χ0) is 18.7. The van der Waals surface area contributed by atoms with Crippen molar-refractivity contribution in [1.82, 2.24) is 15.5 Å². The van der Waals surface area contributed by atoms with Crippen molar-refractivity contribution in [1.29, 1.82) is 0 Å². The summed E-state index contributed by atoms with van der Waals surface area (Å²) in [6.07, 6.45) is -3.12. The lowest BCUT2D eigenvalue weighted by molar-refractivity contribution is -0.137. The minimum atomic E-state index is -4.52. The Bertz CT molecular complexity index is 808. The number of nitrogens with one attached hydrogen (secondary N) is 3. The highest BCUT2D eigenvalue weighted by Gasteiger charge is 2.32. The number of fused-ring (bicyclic) bond motifs is 1. The summed E-state index contributed by atoms with van der Waals surface area (Å²) in [7, 11) is 0. The van der Waals surface area contributed by atoms with Crippen molar-refractivity contribution in [3.63, 3.8) is 0 Å². The Morgan fingerprint density at radius 2 is 2.15 bits per heavy atom. The third-order valence-electron chi connectivity index (χ3n) is 4.04. The van der Waals surface area contributed by atoms with E-state index in [-0.39, 0.29) is 29.5 Å². The van der Waals surface area contributed by atoms with E-state index >= 15 is 0 Å². The number of rotatable bonds is 5. The Balaban J connectivity index is 0.00000261. The Morgan fingerprint density at radius 1 is 1.37 bits per heavy atom. The predicted molar refractivity (Wildman–Crippen MR) is 96.4 cm³/mol. The van der Waals surface area contributed by atoms with E-state index in [2.05, 4.69) is 20.8 Å². The highest BCUT2D eigenvalue weighted by molar-refractivity contribution is 6.04. The fraction of sp³-hybridized carbons (Fsp3) is 0.412. The molecule has 2 aromatic rings. The summed E-state index contributed by atoms with van der Waals surface area (Å²) in [5.74, 6) is -0.386. The van der Waals surface area contributed by atoms with Gasteiger partial charge in [0.15, 0.2) is 5.69 Å². The van der Waals surface area contributed by atoms with Crippen LogP contribution in [-0.4, -0.2) is 29.3 Å². The molecule has 1 aliphatic heterocycles. The molecule has 0 radical (unpaired) electrons. The standard InChI is InChI=1S/C17H19F3N4O2.ClH/c1-2-7-26-14-4-3-10(17(18,19)20)8-13(14)22-16(25)15-11-9-21-6-5-12(11)23-24-15;/h3-4,8,21H,2,5-7,9H2,1H3,(H,22,25)(H,23,24);1H. The normalized spacial score (nSPS) is 13.5. The second-order valence-electron chi connectivity index (χ2n) is 5.97. The number of anilines is 1. The molecule has 0 bridgehead atoms. The highest BCUT2D eigenvalue weighted by Crippen LogP contribution is 2.35. The summed E-state index contributed by atoms with van der Waals surface area (Å²) in [4.78, 5) is 12.6. The summed E-state index contributed by atoms with van der Waals surface area (Å²) in [5.41, 5.74) is 0.879. The number of amides is 1. The van der Waals surface area contributed by atoms with Crippen molar-refractivity contribution in [2.75, 3.05) is 18.5 Å². The molecule has 1 aliphatic rings. The molecule has 27 heavy (non-hydrogen) atoms. The molecule has 0 atom stereocenters. The van der Waals surface area contributed by atoms with E-state index in [9.17, 15) is 18.0 Å². The van der Waals surface area contributed by atoms with Crippen molar-refractivity contribution in [2.24, 2.45) is 0 Å². The van der Waals surface area contributed by atoms with Crippen molar-refractivity contribution in [3.8, 4) is 5.75 Å². The summed E-state index contributed by atoms with van der Waals surface area (Å²) < 4.78 is 44.5. The molecule has 0 saturated carbocycles. The molecule has 3 rings (SSSR count). The Morgan fingerprint density at radius 3 is 2.85 bits per heavy atom. The first-order chi connectivity index (χ1) is 12.4. The number of carbonyl (C=O) groups is 1. The van der Waals surface area contributed by atoms with E-state index in [1.807, 2.05) is 6.92 Å². The number of hydrogen-bond donors (Lipinski definition) is 3. The lowest BCUT2D eigenvalue weighted by Gasteiger charge is -2.16. The van der Waals surface area contributed by atoms with Crippen LogP contribution in [0.4, 0.5) is 18.9 Å². The average molecular weight is 405 g/mol. The van der Waals surface area contributed by atoms with Gasteiger partial charge < -0.3 is 15.4 Å². The number of hydrogen-bond acceptors (Lipinski definition) is 4. The quantitative estimate of drug-likeness (QED) is 0.712. The minimum absolute atomic E-state index is 0. The van der Waals surface area contributed by atoms with Crippen LogP contribution in [0.3, 0.4) is 0 Å². The molecule has 3 N–H and O–H groups in total. The average Bonchev–Trinajstić information content (AvgIpc) is 3.04. The molecule has 1 aromatic carbocycles. The van der Waals surface area contributed by atoms with Gasteiger partial charge in [0.25, 0.3) is 5.91 Å². The van der Waals surface area contributed by atoms with Crippen molar-refractivity contribution >= 4 is 24.0 Å². The smallest absolute Gasteiger partial charge is 0.416 e. The zero-order valence-corrected chi connectivity index (χ0v) is 15.4. The molecular weight excluding hydrogens is 385 g/mol. The van der Waals surface area contributed by atoms with Gasteiger partial charge in [-0.1, -0.05) is 6.92 Å². The van der Waals surface area contributed by atoms with Crippen LogP contribution in [0.5, 0.6) is 5.75 Å². The topological polar surface area (TPSA) is 79.0 Å². The van der Waals surface area contributed by atoms with Gasteiger partial charge in [-0.15, -0.1) is 12.4 Å². The maximum absolute atomic E-state index is 13.0. The van der Waals surface area contributed by atoms with Crippen molar-refractivity contribution in [2.45, 2.75) is 32.5 Å². The van der Waals surface area contributed by atoms with Gasteiger partial charge >= 0.3 is 6.18 Å². The van der Waals surface area contributed by atoms with Gasteiger partial charge in [-0.25, -0.2) is 0 Å². The van der Waals surface area contributed by atoms with E-state index in [0.717, 1.165) is 29.9 Å². The molecule has 0 aliphatic carbocycles. The van der Waals surface area contributed by atoms with Gasteiger partial charge in [0, 0.05) is 30.8 Å². The van der Waals surface area contributed by atoms with E-state index in [4.69, 9.17) is 4.74 Å². The molecule has 6 nitrogen and oxygen atoms in total. The van der Waals surface area contributed by atoms with Crippen LogP contribution in [0.2, 0.25) is 0 Å². The molecule has 2 heterocycles. The van der Waals surface area contributed by atoms with Gasteiger partial charge in [0.2, 0.25) is 0 Å². The number of alkyl halides is 3. The number of nitrogens with zero attached hydrogens (tertiary/aromatic N) is 1. The van der Waals surface area contributed by atoms with E-state index < -0.39 is 17.6 Å². The van der Waals surface area contributed by atoms with Crippen LogP contribution >= 0.6 is 12.4 Å². The van der Waals surface area contributed by atoms with E-state index in [0.29, 0.717) is 26.0 Å². The number of aromatic amines is 1. The summed E-state index contributed by atoms with van der Waals surface area (Å²) >= 11 is 0. The third kappa shape index (κ3) is 4.72. The van der Waals surface area contributed by atoms with Gasteiger partial charge in [0.1, 0.15) is 5.75 Å². The molecule has 0 unspecified atom stereocenters. The molecular formula is C17H20ClF3N4O2. The molecule has 0 saturated heterocycles. The first-order valence-corrected chi connectivity index (χ1v) is 8.32. The summed E-state index contributed by atoms with van der Waals surface area (Å²) in [6.45, 7) is 3.47. The van der Waals surface area contributed by atoms with E-state index in [1.165, 1.54) is 6.07 Å². The Kier molecular flexibility index (Phi) is 6.72. The highest BCUT2D eigenvalue weighted by atomic mass is 35.5. The van der Waals surface area contributed by atoms with Gasteiger partial charge in [0.05, 0.1) is 17.9 Å². The molecule has 1 amide bonds. The van der Waals surface area contributed by atoms with Crippen LogP contribution in [0, 0.1) is 0 Å². The monoisotopic (exact) mass is 404 g/mol. The zero-order valence-electron chi connectivity index (χ0n) is 14.6. The first-order valence-electron chi connectivity index (χ1n) is 8.32. The van der Waals surface area contributed by atoms with Crippen molar-refractivity contribution < 1.29 is 22.7 Å². The number of halogens is 4. The Labute approximate surface area is 160 Å². The van der Waals surface area contributed by atoms with Gasteiger partial charge in [-0.2, -0.15) is 18.3 Å². The number of ether oxygens (including phenoxy) is 1. The van der Waals surface area contributed by atoms with Crippen LogP contribution in [-0.2, 0) is 19.1 Å². The number of benzene rings is 1.